The van der Waals surface area contributed by atoms with Crippen LogP contribution in [-0.4, -0.2) is 31.1 Å². The molecule has 0 aliphatic heterocycles. The number of phenolic OH excluding ortho intramolecular Hbond substituents is 1. The summed E-state index contributed by atoms with van der Waals surface area (Å²) in [5.41, 5.74) is 0.785. The van der Waals surface area contributed by atoms with Crippen LogP contribution in [0.5, 0.6) is 23.0 Å². The van der Waals surface area contributed by atoms with Crippen molar-refractivity contribution in [1.82, 2.24) is 0 Å². The first-order valence-electron chi connectivity index (χ1n) is 7.40. The van der Waals surface area contributed by atoms with Crippen LogP contribution in [0.1, 0.15) is 22.8 Å². The van der Waals surface area contributed by atoms with Gasteiger partial charge in [0.05, 0.1) is 14.2 Å². The summed E-state index contributed by atoms with van der Waals surface area (Å²) < 4.78 is 15.1. The van der Waals surface area contributed by atoms with Gasteiger partial charge in [0.15, 0.2) is 5.78 Å². The number of carbonyl (C=O) groups is 2. The van der Waals surface area contributed by atoms with Crippen LogP contribution in [0.2, 0.25) is 0 Å². The van der Waals surface area contributed by atoms with Crippen LogP contribution < -0.4 is 14.2 Å². The molecule has 2 rings (SSSR count). The van der Waals surface area contributed by atoms with E-state index in [0.717, 1.165) is 5.56 Å². The van der Waals surface area contributed by atoms with Crippen molar-refractivity contribution in [2.45, 2.75) is 6.92 Å². The summed E-state index contributed by atoms with van der Waals surface area (Å²) in [6, 6.07) is 9.51. The van der Waals surface area contributed by atoms with E-state index in [2.05, 4.69) is 0 Å². The molecule has 0 heterocycles. The molecule has 6 heteroatoms. The van der Waals surface area contributed by atoms with Gasteiger partial charge in [-0.05, 0) is 23.8 Å². The number of phenols is 1. The molecule has 130 valence electrons. The van der Waals surface area contributed by atoms with Gasteiger partial charge in [-0.1, -0.05) is 18.2 Å². The number of ketones is 1. The van der Waals surface area contributed by atoms with Gasteiger partial charge in [0.25, 0.3) is 0 Å². The van der Waals surface area contributed by atoms with Gasteiger partial charge >= 0.3 is 5.97 Å². The third-order valence-corrected chi connectivity index (χ3v) is 3.33. The number of rotatable bonds is 6. The van der Waals surface area contributed by atoms with E-state index in [1.807, 2.05) is 0 Å². The van der Waals surface area contributed by atoms with Gasteiger partial charge in [-0.15, -0.1) is 0 Å². The lowest BCUT2D eigenvalue weighted by molar-refractivity contribution is -0.131. The molecule has 25 heavy (non-hydrogen) atoms. The van der Waals surface area contributed by atoms with Crippen molar-refractivity contribution < 1.29 is 28.9 Å². The zero-order chi connectivity index (χ0) is 18.4. The van der Waals surface area contributed by atoms with E-state index in [-0.39, 0.29) is 17.1 Å². The summed E-state index contributed by atoms with van der Waals surface area (Å²) in [7, 11) is 2.86. The molecule has 0 bridgehead atoms. The van der Waals surface area contributed by atoms with Crippen LogP contribution >= 0.6 is 0 Å². The number of carbonyl (C=O) groups excluding carboxylic acids is 2. The Morgan fingerprint density at radius 2 is 1.68 bits per heavy atom. The first-order chi connectivity index (χ1) is 11.9. The highest BCUT2D eigenvalue weighted by Gasteiger charge is 2.17. The van der Waals surface area contributed by atoms with E-state index < -0.39 is 11.8 Å². The Morgan fingerprint density at radius 3 is 2.24 bits per heavy atom. The summed E-state index contributed by atoms with van der Waals surface area (Å²) in [6.07, 6.45) is 2.91. The number of benzene rings is 2. The average Bonchev–Trinajstić information content (AvgIpc) is 2.59. The lowest BCUT2D eigenvalue weighted by atomic mass is 10.1. The van der Waals surface area contributed by atoms with Gasteiger partial charge < -0.3 is 19.3 Å². The lowest BCUT2D eigenvalue weighted by Crippen LogP contribution is -2.01. The molecule has 0 saturated heterocycles. The van der Waals surface area contributed by atoms with Gasteiger partial charge in [-0.3, -0.25) is 9.59 Å². The normalized spacial score (nSPS) is 10.5. The molecule has 0 aromatic heterocycles. The SMILES string of the molecule is COc1cc(O)c(C(=O)C=Cc2ccc(OC(C)=O)cc2)c(OC)c1. The van der Waals surface area contributed by atoms with Crippen LogP contribution in [0.3, 0.4) is 0 Å². The standard InChI is InChI=1S/C19H18O6/c1-12(20)25-14-7-4-13(5-8-14)6-9-16(21)19-17(22)10-15(23-2)11-18(19)24-3/h4-11,22H,1-3H3. The third-order valence-electron chi connectivity index (χ3n) is 3.33. The van der Waals surface area contributed by atoms with Gasteiger partial charge in [-0.2, -0.15) is 0 Å². The van der Waals surface area contributed by atoms with Crippen molar-refractivity contribution in [2.75, 3.05) is 14.2 Å². The molecule has 0 fully saturated rings. The first-order valence-corrected chi connectivity index (χ1v) is 7.40. The molecule has 0 spiro atoms. The fourth-order valence-electron chi connectivity index (χ4n) is 2.17. The Kier molecular flexibility index (Phi) is 5.79. The summed E-state index contributed by atoms with van der Waals surface area (Å²) in [4.78, 5) is 23.3. The largest absolute Gasteiger partial charge is 0.507 e. The topological polar surface area (TPSA) is 82.1 Å². The van der Waals surface area contributed by atoms with E-state index >= 15 is 0 Å². The van der Waals surface area contributed by atoms with Gasteiger partial charge in [0.2, 0.25) is 0 Å². The molecular formula is C19H18O6. The maximum Gasteiger partial charge on any atom is 0.308 e. The Bertz CT molecular complexity index is 805. The molecule has 0 atom stereocenters. The molecule has 2 aromatic rings. The Morgan fingerprint density at radius 1 is 1.00 bits per heavy atom. The highest BCUT2D eigenvalue weighted by atomic mass is 16.5. The van der Waals surface area contributed by atoms with Crippen LogP contribution in [0.25, 0.3) is 6.08 Å². The molecule has 0 saturated carbocycles. The van der Waals surface area contributed by atoms with Crippen LogP contribution in [0, 0.1) is 0 Å². The molecule has 6 nitrogen and oxygen atoms in total. The van der Waals surface area contributed by atoms with Crippen LogP contribution in [-0.2, 0) is 4.79 Å². The van der Waals surface area contributed by atoms with Crippen LogP contribution in [0.4, 0.5) is 0 Å². The van der Waals surface area contributed by atoms with E-state index in [0.29, 0.717) is 11.5 Å². The minimum Gasteiger partial charge on any atom is -0.507 e. The molecular weight excluding hydrogens is 324 g/mol. The predicted octanol–water partition coefficient (Wildman–Crippen LogP) is 3.23. The van der Waals surface area contributed by atoms with Crippen molar-refractivity contribution in [1.29, 1.82) is 0 Å². The number of methoxy groups -OCH3 is 2. The Hall–Kier alpha value is -3.28. The van der Waals surface area contributed by atoms with Crippen molar-refractivity contribution >= 4 is 17.8 Å². The van der Waals surface area contributed by atoms with E-state index in [9.17, 15) is 14.7 Å². The Balaban J connectivity index is 2.21. The fourth-order valence-corrected chi connectivity index (χ4v) is 2.17. The number of allylic oxidation sites excluding steroid dienone is 1. The second-order valence-electron chi connectivity index (χ2n) is 5.08. The minimum atomic E-state index is -0.416. The predicted molar refractivity (Wildman–Crippen MR) is 92.3 cm³/mol. The summed E-state index contributed by atoms with van der Waals surface area (Å²) in [5.74, 6) is -0.0178. The average molecular weight is 342 g/mol. The molecule has 1 N–H and O–H groups in total. The van der Waals surface area contributed by atoms with Crippen molar-refractivity contribution in [3.05, 3.63) is 53.6 Å². The number of hydrogen-bond acceptors (Lipinski definition) is 6. The number of aromatic hydroxyl groups is 1. The summed E-state index contributed by atoms with van der Waals surface area (Å²) in [5, 5.41) is 10.1. The molecule has 0 aliphatic rings. The quantitative estimate of drug-likeness (QED) is 0.376. The van der Waals surface area contributed by atoms with Crippen LogP contribution in [0.15, 0.2) is 42.5 Å². The van der Waals surface area contributed by atoms with E-state index in [4.69, 9.17) is 14.2 Å². The lowest BCUT2D eigenvalue weighted by Gasteiger charge is -2.10. The van der Waals surface area contributed by atoms with Crippen molar-refractivity contribution in [3.8, 4) is 23.0 Å². The number of hydrogen-bond donors (Lipinski definition) is 1. The zero-order valence-electron chi connectivity index (χ0n) is 14.1. The molecule has 0 radical (unpaired) electrons. The van der Waals surface area contributed by atoms with Gasteiger partial charge in [0, 0.05) is 19.1 Å². The molecule has 0 amide bonds. The van der Waals surface area contributed by atoms with Crippen molar-refractivity contribution in [3.63, 3.8) is 0 Å². The zero-order valence-corrected chi connectivity index (χ0v) is 14.1. The van der Waals surface area contributed by atoms with Gasteiger partial charge in [-0.25, -0.2) is 0 Å². The highest BCUT2D eigenvalue weighted by Crippen LogP contribution is 2.33. The fraction of sp³-hybridized carbons (Fsp3) is 0.158. The Labute approximate surface area is 145 Å². The third kappa shape index (κ3) is 4.60. The first kappa shape index (κ1) is 18.1. The summed E-state index contributed by atoms with van der Waals surface area (Å²) >= 11 is 0. The smallest absolute Gasteiger partial charge is 0.308 e. The van der Waals surface area contributed by atoms with E-state index in [1.165, 1.54) is 39.4 Å². The van der Waals surface area contributed by atoms with Crippen molar-refractivity contribution in [2.24, 2.45) is 0 Å². The maximum absolute atomic E-state index is 12.4. The minimum absolute atomic E-state index is 0.0519. The number of ether oxygens (including phenoxy) is 3. The summed E-state index contributed by atoms with van der Waals surface area (Å²) in [6.45, 7) is 1.32. The molecule has 2 aromatic carbocycles. The maximum atomic E-state index is 12.4. The molecule has 0 unspecified atom stereocenters. The van der Waals surface area contributed by atoms with Gasteiger partial charge in [0.1, 0.15) is 28.6 Å². The second kappa shape index (κ2) is 8.01. The van der Waals surface area contributed by atoms with E-state index in [1.54, 1.807) is 30.3 Å². The number of esters is 1. The second-order valence-corrected chi connectivity index (χ2v) is 5.08. The molecule has 0 aliphatic carbocycles. The highest BCUT2D eigenvalue weighted by molar-refractivity contribution is 6.10. The monoisotopic (exact) mass is 342 g/mol.